The van der Waals surface area contributed by atoms with Crippen molar-refractivity contribution in [2.75, 3.05) is 17.2 Å². The van der Waals surface area contributed by atoms with Crippen molar-refractivity contribution in [3.63, 3.8) is 0 Å². The van der Waals surface area contributed by atoms with Crippen molar-refractivity contribution in [2.24, 2.45) is 5.73 Å². The summed E-state index contributed by atoms with van der Waals surface area (Å²) in [5.74, 6) is 0.924. The molecule has 1 aliphatic rings. The van der Waals surface area contributed by atoms with Crippen molar-refractivity contribution < 1.29 is 4.79 Å². The van der Waals surface area contributed by atoms with Crippen LogP contribution in [0.15, 0.2) is 59.5 Å². The summed E-state index contributed by atoms with van der Waals surface area (Å²) in [7, 11) is 0. The van der Waals surface area contributed by atoms with E-state index in [1.165, 1.54) is 0 Å². The quantitative estimate of drug-likeness (QED) is 0.947. The minimum Gasteiger partial charge on any atom is -0.320 e. The summed E-state index contributed by atoms with van der Waals surface area (Å²) in [6.45, 7) is 0.725. The molecular weight excluding hydrogens is 280 g/mol. The van der Waals surface area contributed by atoms with E-state index in [1.54, 1.807) is 11.8 Å². The molecule has 4 heteroatoms. The van der Waals surface area contributed by atoms with Crippen LogP contribution in [0.25, 0.3) is 0 Å². The molecule has 108 valence electrons. The normalized spacial score (nSPS) is 15.4. The highest BCUT2D eigenvalue weighted by molar-refractivity contribution is 7.99. The number of rotatable bonds is 3. The number of carbonyl (C=O) groups excluding carboxylic acids is 1. The van der Waals surface area contributed by atoms with Gasteiger partial charge in [0, 0.05) is 17.2 Å². The molecule has 3 rings (SSSR count). The number of anilines is 1. The van der Waals surface area contributed by atoms with Crippen LogP contribution in [0.4, 0.5) is 5.69 Å². The number of fused-ring (bicyclic) bond motifs is 1. The fourth-order valence-corrected chi connectivity index (χ4v) is 3.55. The van der Waals surface area contributed by atoms with E-state index in [0.717, 1.165) is 28.4 Å². The predicted molar refractivity (Wildman–Crippen MR) is 87.6 cm³/mol. The topological polar surface area (TPSA) is 46.3 Å². The maximum atomic E-state index is 12.7. The molecule has 0 saturated heterocycles. The summed E-state index contributed by atoms with van der Waals surface area (Å²) >= 11 is 1.79. The number of hydrogen-bond donors (Lipinski definition) is 1. The zero-order chi connectivity index (χ0) is 14.7. The largest absolute Gasteiger partial charge is 0.320 e. The van der Waals surface area contributed by atoms with Crippen LogP contribution in [0.3, 0.4) is 0 Å². The number of benzene rings is 2. The van der Waals surface area contributed by atoms with Crippen LogP contribution in [0.2, 0.25) is 0 Å². The summed E-state index contributed by atoms with van der Waals surface area (Å²) in [4.78, 5) is 15.6. The lowest BCUT2D eigenvalue weighted by molar-refractivity contribution is -0.119. The molecule has 1 aliphatic heterocycles. The van der Waals surface area contributed by atoms with Gasteiger partial charge in [-0.05, 0) is 24.1 Å². The van der Waals surface area contributed by atoms with Gasteiger partial charge < -0.3 is 10.6 Å². The molecule has 2 aromatic rings. The molecule has 2 aromatic carbocycles. The Morgan fingerprint density at radius 2 is 1.86 bits per heavy atom. The van der Waals surface area contributed by atoms with Gasteiger partial charge in [-0.2, -0.15) is 0 Å². The molecule has 0 aromatic heterocycles. The third kappa shape index (κ3) is 3.12. The Labute approximate surface area is 129 Å². The van der Waals surface area contributed by atoms with Gasteiger partial charge in [-0.15, -0.1) is 11.8 Å². The highest BCUT2D eigenvalue weighted by atomic mass is 32.2. The summed E-state index contributed by atoms with van der Waals surface area (Å²) < 4.78 is 0. The van der Waals surface area contributed by atoms with Gasteiger partial charge in [-0.1, -0.05) is 42.5 Å². The summed E-state index contributed by atoms with van der Waals surface area (Å²) in [6.07, 6.45) is 0.575. The lowest BCUT2D eigenvalue weighted by atomic mass is 10.1. The van der Waals surface area contributed by atoms with Gasteiger partial charge in [-0.25, -0.2) is 0 Å². The number of carbonyl (C=O) groups is 1. The lowest BCUT2D eigenvalue weighted by Crippen LogP contribution is -2.47. The van der Waals surface area contributed by atoms with Crippen LogP contribution in [0.5, 0.6) is 0 Å². The van der Waals surface area contributed by atoms with E-state index in [9.17, 15) is 4.79 Å². The third-order valence-electron chi connectivity index (χ3n) is 3.61. The van der Waals surface area contributed by atoms with Crippen molar-refractivity contribution in [3.8, 4) is 0 Å². The van der Waals surface area contributed by atoms with Crippen molar-refractivity contribution in [1.82, 2.24) is 0 Å². The van der Waals surface area contributed by atoms with E-state index in [2.05, 4.69) is 6.07 Å². The highest BCUT2D eigenvalue weighted by Crippen LogP contribution is 2.34. The Morgan fingerprint density at radius 3 is 2.67 bits per heavy atom. The molecule has 1 amide bonds. The van der Waals surface area contributed by atoms with Crippen molar-refractivity contribution in [2.45, 2.75) is 17.4 Å². The molecule has 21 heavy (non-hydrogen) atoms. The molecule has 0 radical (unpaired) electrons. The zero-order valence-corrected chi connectivity index (χ0v) is 12.6. The van der Waals surface area contributed by atoms with Crippen molar-refractivity contribution >= 4 is 23.4 Å². The second-order valence-electron chi connectivity index (χ2n) is 5.10. The number of thioether (sulfide) groups is 1. The molecular formula is C17H18N2OS. The summed E-state index contributed by atoms with van der Waals surface area (Å²) in [5.41, 5.74) is 8.22. The van der Waals surface area contributed by atoms with E-state index in [-0.39, 0.29) is 5.91 Å². The van der Waals surface area contributed by atoms with Crippen LogP contribution < -0.4 is 10.6 Å². The van der Waals surface area contributed by atoms with Gasteiger partial charge in [0.1, 0.15) is 0 Å². The second kappa shape index (κ2) is 6.33. The van der Waals surface area contributed by atoms with E-state index in [0.29, 0.717) is 6.42 Å². The number of hydrogen-bond acceptors (Lipinski definition) is 3. The first-order valence-electron chi connectivity index (χ1n) is 7.08. The Morgan fingerprint density at radius 1 is 1.14 bits per heavy atom. The van der Waals surface area contributed by atoms with Gasteiger partial charge in [-0.3, -0.25) is 4.79 Å². The van der Waals surface area contributed by atoms with Gasteiger partial charge in [0.15, 0.2) is 0 Å². The van der Waals surface area contributed by atoms with E-state index < -0.39 is 6.04 Å². The van der Waals surface area contributed by atoms with Gasteiger partial charge in [0.05, 0.1) is 11.7 Å². The average molecular weight is 298 g/mol. The Hall–Kier alpha value is -1.78. The zero-order valence-electron chi connectivity index (χ0n) is 11.7. The first-order valence-corrected chi connectivity index (χ1v) is 8.07. The molecule has 1 heterocycles. The van der Waals surface area contributed by atoms with Gasteiger partial charge in [0.25, 0.3) is 0 Å². The molecule has 0 unspecified atom stereocenters. The molecule has 0 aliphatic carbocycles. The van der Waals surface area contributed by atoms with E-state index >= 15 is 0 Å². The Kier molecular flexibility index (Phi) is 4.27. The van der Waals surface area contributed by atoms with E-state index in [1.807, 2.05) is 53.4 Å². The Balaban J connectivity index is 1.77. The average Bonchev–Trinajstić information content (AvgIpc) is 2.54. The monoisotopic (exact) mass is 298 g/mol. The highest BCUT2D eigenvalue weighted by Gasteiger charge is 2.26. The van der Waals surface area contributed by atoms with Gasteiger partial charge in [0.2, 0.25) is 5.91 Å². The minimum absolute atomic E-state index is 0.00611. The van der Waals surface area contributed by atoms with Crippen LogP contribution in [0.1, 0.15) is 5.56 Å². The standard InChI is InChI=1S/C17H18N2OS/c18-14(12-13-6-2-1-3-7-13)17(20)19-10-11-21-16-9-5-4-8-15(16)19/h1-9,14H,10-12,18H2/t14-/m0/s1. The van der Waals surface area contributed by atoms with Gasteiger partial charge >= 0.3 is 0 Å². The minimum atomic E-state index is -0.497. The fourth-order valence-electron chi connectivity index (χ4n) is 2.55. The predicted octanol–water partition coefficient (Wildman–Crippen LogP) is 2.70. The molecule has 0 saturated carbocycles. The third-order valence-corrected chi connectivity index (χ3v) is 4.65. The molecule has 1 atom stereocenters. The summed E-state index contributed by atoms with van der Waals surface area (Å²) in [6, 6.07) is 17.4. The first-order chi connectivity index (χ1) is 10.3. The lowest BCUT2D eigenvalue weighted by Gasteiger charge is -2.31. The van der Waals surface area contributed by atoms with Crippen molar-refractivity contribution in [3.05, 3.63) is 60.2 Å². The van der Waals surface area contributed by atoms with Crippen LogP contribution in [0, 0.1) is 0 Å². The number of nitrogens with two attached hydrogens (primary N) is 1. The Bertz CT molecular complexity index is 630. The van der Waals surface area contributed by atoms with Crippen LogP contribution >= 0.6 is 11.8 Å². The fraction of sp³-hybridized carbons (Fsp3) is 0.235. The number of amides is 1. The van der Waals surface area contributed by atoms with Crippen LogP contribution in [-0.4, -0.2) is 24.2 Å². The maximum Gasteiger partial charge on any atom is 0.244 e. The SMILES string of the molecule is N[C@@H](Cc1ccccc1)C(=O)N1CCSc2ccccc21. The smallest absolute Gasteiger partial charge is 0.244 e. The van der Waals surface area contributed by atoms with Crippen molar-refractivity contribution in [1.29, 1.82) is 0 Å². The second-order valence-corrected chi connectivity index (χ2v) is 6.24. The molecule has 0 fully saturated rings. The number of nitrogens with zero attached hydrogens (tertiary/aromatic N) is 1. The maximum absolute atomic E-state index is 12.7. The molecule has 2 N–H and O–H groups in total. The summed E-state index contributed by atoms with van der Waals surface area (Å²) in [5, 5.41) is 0. The van der Waals surface area contributed by atoms with Crippen LogP contribution in [-0.2, 0) is 11.2 Å². The first kappa shape index (κ1) is 14.2. The van der Waals surface area contributed by atoms with E-state index in [4.69, 9.17) is 5.73 Å². The number of para-hydroxylation sites is 1. The molecule has 0 spiro atoms. The molecule has 3 nitrogen and oxygen atoms in total. The molecule has 0 bridgehead atoms.